The van der Waals surface area contributed by atoms with E-state index < -0.39 is 0 Å². The number of nitrogens with one attached hydrogen (secondary N) is 1. The molecule has 0 unspecified atom stereocenters. The van der Waals surface area contributed by atoms with Crippen molar-refractivity contribution in [3.8, 4) is 0 Å². The Bertz CT molecular complexity index is 310. The molecule has 0 bridgehead atoms. The lowest BCUT2D eigenvalue weighted by atomic mass is 10.1. The van der Waals surface area contributed by atoms with Crippen LogP contribution in [-0.2, 0) is 6.54 Å². The van der Waals surface area contributed by atoms with E-state index in [0.717, 1.165) is 5.56 Å². The molecule has 1 heterocycles. The van der Waals surface area contributed by atoms with E-state index in [2.05, 4.69) is 5.32 Å². The summed E-state index contributed by atoms with van der Waals surface area (Å²) in [5, 5.41) is 3.43. The Balaban J connectivity index is 1.84. The van der Waals surface area contributed by atoms with E-state index in [1.807, 2.05) is 23.9 Å². The van der Waals surface area contributed by atoms with Crippen LogP contribution >= 0.6 is 11.8 Å². The average Bonchev–Trinajstić information content (AvgIpc) is 2.29. The van der Waals surface area contributed by atoms with Gasteiger partial charge in [0.15, 0.2) is 0 Å². The Labute approximate surface area is 94.5 Å². The van der Waals surface area contributed by atoms with Crippen LogP contribution < -0.4 is 5.32 Å². The quantitative estimate of drug-likeness (QED) is 0.849. The first-order valence-corrected chi connectivity index (χ1v) is 6.56. The minimum Gasteiger partial charge on any atom is -0.310 e. The van der Waals surface area contributed by atoms with Gasteiger partial charge in [-0.05, 0) is 30.4 Å². The average molecular weight is 225 g/mol. The van der Waals surface area contributed by atoms with Crippen LogP contribution in [0.2, 0.25) is 0 Å². The number of rotatable bonds is 3. The minimum atomic E-state index is -0.102. The van der Waals surface area contributed by atoms with Gasteiger partial charge in [-0.2, -0.15) is 11.8 Å². The van der Waals surface area contributed by atoms with Crippen LogP contribution in [0, 0.1) is 5.82 Å². The molecule has 0 amide bonds. The zero-order chi connectivity index (χ0) is 10.5. The molecule has 1 aliphatic rings. The molecule has 0 aromatic heterocycles. The smallest absolute Gasteiger partial charge is 0.127 e. The molecule has 0 aliphatic carbocycles. The molecule has 0 atom stereocenters. The van der Waals surface area contributed by atoms with Crippen LogP contribution in [0.4, 0.5) is 4.39 Å². The van der Waals surface area contributed by atoms with Gasteiger partial charge in [0.1, 0.15) is 5.82 Å². The molecule has 1 nitrogen and oxygen atoms in total. The molecule has 1 aromatic carbocycles. The summed E-state index contributed by atoms with van der Waals surface area (Å²) in [6, 6.07) is 7.56. The Morgan fingerprint density at radius 2 is 2.00 bits per heavy atom. The second kappa shape index (κ2) is 5.52. The Morgan fingerprint density at radius 3 is 2.73 bits per heavy atom. The standard InChI is InChI=1S/C12H16FNS/c13-12-4-2-1-3-10(12)9-14-11-5-7-15-8-6-11/h1-4,11,14H,5-9H2. The highest BCUT2D eigenvalue weighted by Gasteiger charge is 2.13. The summed E-state index contributed by atoms with van der Waals surface area (Å²) in [6.07, 6.45) is 2.41. The fraction of sp³-hybridized carbons (Fsp3) is 0.500. The van der Waals surface area contributed by atoms with Crippen LogP contribution in [-0.4, -0.2) is 17.5 Å². The second-order valence-corrected chi connectivity index (χ2v) is 5.08. The van der Waals surface area contributed by atoms with Crippen molar-refractivity contribution >= 4 is 11.8 Å². The van der Waals surface area contributed by atoms with Crippen molar-refractivity contribution in [1.82, 2.24) is 5.32 Å². The highest BCUT2D eigenvalue weighted by Crippen LogP contribution is 2.17. The zero-order valence-electron chi connectivity index (χ0n) is 8.71. The molecule has 1 aliphatic heterocycles. The van der Waals surface area contributed by atoms with Gasteiger partial charge in [0.25, 0.3) is 0 Å². The Kier molecular flexibility index (Phi) is 4.03. The maximum atomic E-state index is 13.3. The maximum absolute atomic E-state index is 13.3. The van der Waals surface area contributed by atoms with E-state index in [4.69, 9.17) is 0 Å². The largest absolute Gasteiger partial charge is 0.310 e. The molecule has 0 saturated carbocycles. The van der Waals surface area contributed by atoms with Crippen molar-refractivity contribution in [3.63, 3.8) is 0 Å². The van der Waals surface area contributed by atoms with Crippen LogP contribution in [0.25, 0.3) is 0 Å². The molecular weight excluding hydrogens is 209 g/mol. The molecule has 1 saturated heterocycles. The predicted octanol–water partition coefficient (Wildman–Crippen LogP) is 2.81. The van der Waals surface area contributed by atoms with Gasteiger partial charge < -0.3 is 5.32 Å². The minimum absolute atomic E-state index is 0.102. The number of hydrogen-bond acceptors (Lipinski definition) is 2. The third-order valence-electron chi connectivity index (χ3n) is 2.76. The Hall–Kier alpha value is -0.540. The first kappa shape index (κ1) is 11.0. The molecule has 82 valence electrons. The van der Waals surface area contributed by atoms with Crippen molar-refractivity contribution in [3.05, 3.63) is 35.6 Å². The second-order valence-electron chi connectivity index (χ2n) is 3.86. The number of benzene rings is 1. The summed E-state index contributed by atoms with van der Waals surface area (Å²) in [6.45, 7) is 0.655. The highest BCUT2D eigenvalue weighted by atomic mass is 32.2. The fourth-order valence-electron chi connectivity index (χ4n) is 1.80. The monoisotopic (exact) mass is 225 g/mol. The van der Waals surface area contributed by atoms with Crippen LogP contribution in [0.3, 0.4) is 0 Å². The summed E-state index contributed by atoms with van der Waals surface area (Å²) < 4.78 is 13.3. The SMILES string of the molecule is Fc1ccccc1CNC1CCSCC1. The molecule has 15 heavy (non-hydrogen) atoms. The van der Waals surface area contributed by atoms with Crippen LogP contribution in [0.5, 0.6) is 0 Å². The van der Waals surface area contributed by atoms with Crippen molar-refractivity contribution in [2.24, 2.45) is 0 Å². The summed E-state index contributed by atoms with van der Waals surface area (Å²) in [7, 11) is 0. The van der Waals surface area contributed by atoms with Crippen molar-refractivity contribution < 1.29 is 4.39 Å². The van der Waals surface area contributed by atoms with Gasteiger partial charge in [-0.1, -0.05) is 18.2 Å². The molecule has 1 N–H and O–H groups in total. The Morgan fingerprint density at radius 1 is 1.27 bits per heavy atom. The van der Waals surface area contributed by atoms with Gasteiger partial charge in [-0.25, -0.2) is 4.39 Å². The molecule has 1 fully saturated rings. The molecule has 0 spiro atoms. The van der Waals surface area contributed by atoms with Gasteiger partial charge in [0.2, 0.25) is 0 Å². The molecule has 3 heteroatoms. The van der Waals surface area contributed by atoms with Gasteiger partial charge in [-0.15, -0.1) is 0 Å². The summed E-state index contributed by atoms with van der Waals surface area (Å²) >= 11 is 2.01. The maximum Gasteiger partial charge on any atom is 0.127 e. The van der Waals surface area contributed by atoms with E-state index in [9.17, 15) is 4.39 Å². The van der Waals surface area contributed by atoms with Crippen LogP contribution in [0.1, 0.15) is 18.4 Å². The number of halogens is 1. The van der Waals surface area contributed by atoms with Gasteiger partial charge in [0, 0.05) is 18.2 Å². The molecule has 1 aromatic rings. The molecular formula is C12H16FNS. The molecule has 2 rings (SSSR count). The van der Waals surface area contributed by atoms with Crippen molar-refractivity contribution in [1.29, 1.82) is 0 Å². The van der Waals surface area contributed by atoms with Gasteiger partial charge >= 0.3 is 0 Å². The topological polar surface area (TPSA) is 12.0 Å². The van der Waals surface area contributed by atoms with Crippen LogP contribution in [0.15, 0.2) is 24.3 Å². The van der Waals surface area contributed by atoms with Crippen molar-refractivity contribution in [2.45, 2.75) is 25.4 Å². The first-order chi connectivity index (χ1) is 7.36. The highest BCUT2D eigenvalue weighted by molar-refractivity contribution is 7.99. The lowest BCUT2D eigenvalue weighted by Crippen LogP contribution is -2.32. The number of thioether (sulfide) groups is 1. The molecule has 0 radical (unpaired) electrons. The lowest BCUT2D eigenvalue weighted by Gasteiger charge is -2.22. The zero-order valence-corrected chi connectivity index (χ0v) is 9.52. The van der Waals surface area contributed by atoms with Crippen molar-refractivity contribution in [2.75, 3.05) is 11.5 Å². The fourth-order valence-corrected chi connectivity index (χ4v) is 2.90. The number of hydrogen-bond donors (Lipinski definition) is 1. The van der Waals surface area contributed by atoms with E-state index in [-0.39, 0.29) is 5.82 Å². The van der Waals surface area contributed by atoms with E-state index in [1.165, 1.54) is 30.4 Å². The summed E-state index contributed by atoms with van der Waals surface area (Å²) in [4.78, 5) is 0. The van der Waals surface area contributed by atoms with E-state index in [1.54, 1.807) is 6.07 Å². The van der Waals surface area contributed by atoms with Gasteiger partial charge in [0.05, 0.1) is 0 Å². The first-order valence-electron chi connectivity index (χ1n) is 5.41. The third-order valence-corrected chi connectivity index (χ3v) is 3.81. The predicted molar refractivity (Wildman–Crippen MR) is 63.6 cm³/mol. The van der Waals surface area contributed by atoms with E-state index >= 15 is 0 Å². The third kappa shape index (κ3) is 3.21. The summed E-state index contributed by atoms with van der Waals surface area (Å²) in [5.74, 6) is 2.36. The summed E-state index contributed by atoms with van der Waals surface area (Å²) in [5.41, 5.74) is 0.774. The lowest BCUT2D eigenvalue weighted by molar-refractivity contribution is 0.473. The normalized spacial score (nSPS) is 17.9. The van der Waals surface area contributed by atoms with E-state index in [0.29, 0.717) is 12.6 Å². The van der Waals surface area contributed by atoms with Gasteiger partial charge in [-0.3, -0.25) is 0 Å².